The molecule has 2 aliphatic carbocycles. The molecule has 1 N–H and O–H groups in total. The molecule has 0 spiro atoms. The number of rotatable bonds is 14. The predicted molar refractivity (Wildman–Crippen MR) is 317 cm³/mol. The number of carbonyl (C=O) groups excluding carboxylic acids is 2. The van der Waals surface area contributed by atoms with E-state index >= 15 is 4.39 Å². The number of aromatic nitrogens is 1. The number of aliphatic imine (C=N–C) groups is 3. The van der Waals surface area contributed by atoms with E-state index in [0.29, 0.717) is 40.1 Å². The van der Waals surface area contributed by atoms with E-state index in [1.165, 1.54) is 52.0 Å². The number of carbonyl (C=O) groups is 2. The van der Waals surface area contributed by atoms with E-state index in [0.717, 1.165) is 53.0 Å². The second-order valence-corrected chi connectivity index (χ2v) is 21.9. The van der Waals surface area contributed by atoms with Crippen molar-refractivity contribution in [2.45, 2.75) is 61.4 Å². The van der Waals surface area contributed by atoms with Crippen molar-refractivity contribution in [1.82, 2.24) is 19.7 Å². The third-order valence-corrected chi connectivity index (χ3v) is 15.8. The zero-order valence-corrected chi connectivity index (χ0v) is 51.4. The Hall–Kier alpha value is -6.74. The number of hydrogen-bond donors (Lipinski definition) is 1. The molecule has 424 valence electrons. The maximum absolute atomic E-state index is 15.1. The van der Waals surface area contributed by atoms with Crippen LogP contribution in [0.5, 0.6) is 0 Å². The van der Waals surface area contributed by atoms with Crippen molar-refractivity contribution >= 4 is 70.1 Å². The summed E-state index contributed by atoms with van der Waals surface area (Å²) in [6.45, 7) is 2.22. The van der Waals surface area contributed by atoms with Crippen molar-refractivity contribution in [2.24, 2.45) is 26.8 Å². The predicted octanol–water partition coefficient (Wildman–Crippen LogP) is 13.3. The fourth-order valence-corrected chi connectivity index (χ4v) is 11.3. The number of hydrogen-bond acceptors (Lipinski definition) is 12. The zero-order chi connectivity index (χ0) is 57.1. The van der Waals surface area contributed by atoms with Gasteiger partial charge < -0.3 is 34.3 Å². The normalized spacial score (nSPS) is 21.1. The molecule has 18 heteroatoms. The molecule has 0 radical (unpaired) electrons. The second-order valence-electron chi connectivity index (χ2n) is 20.1. The third-order valence-electron chi connectivity index (χ3n) is 14.8. The first-order valence-corrected chi connectivity index (χ1v) is 28.1. The van der Waals surface area contributed by atoms with Gasteiger partial charge in [-0.25, -0.2) is 28.4 Å². The smallest absolute Gasteiger partial charge is 0.341 e. The zero-order valence-electron chi connectivity index (χ0n) is 45.3. The number of aliphatic hydroxyl groups excluding tert-OH is 1. The van der Waals surface area contributed by atoms with Crippen LogP contribution in [0.25, 0.3) is 0 Å². The van der Waals surface area contributed by atoms with Gasteiger partial charge in [-0.2, -0.15) is 0 Å². The van der Waals surface area contributed by atoms with Crippen LogP contribution in [0.2, 0.25) is 10.0 Å². The van der Waals surface area contributed by atoms with Gasteiger partial charge in [0.15, 0.2) is 0 Å². The Bertz CT molecular complexity index is 3340. The summed E-state index contributed by atoms with van der Waals surface area (Å²) in [6.07, 6.45) is 13.7. The van der Waals surface area contributed by atoms with Crippen molar-refractivity contribution in [1.29, 1.82) is 0 Å². The molecule has 2 fully saturated rings. The summed E-state index contributed by atoms with van der Waals surface area (Å²) >= 11 is 15.4. The van der Waals surface area contributed by atoms with E-state index in [4.69, 9.17) is 42.8 Å². The van der Waals surface area contributed by atoms with Crippen LogP contribution >= 0.6 is 39.1 Å². The fraction of sp³-hybridized carbons (Fsp3) is 0.266. The number of aliphatic hydroxyl groups is 1. The minimum atomic E-state index is -1.47. The van der Waals surface area contributed by atoms with E-state index in [-0.39, 0.29) is 50.0 Å². The average Bonchev–Trinajstić information content (AvgIpc) is 4.10. The fourth-order valence-electron chi connectivity index (χ4n) is 10.7. The minimum absolute atomic E-state index is 0. The van der Waals surface area contributed by atoms with Crippen molar-refractivity contribution in [2.75, 3.05) is 34.4 Å². The summed E-state index contributed by atoms with van der Waals surface area (Å²) in [5.74, 6) is -0.303. The molecule has 0 amide bonds. The van der Waals surface area contributed by atoms with Gasteiger partial charge in [0, 0.05) is 92.2 Å². The van der Waals surface area contributed by atoms with Gasteiger partial charge in [-0.3, -0.25) is 4.98 Å². The van der Waals surface area contributed by atoms with E-state index < -0.39 is 28.9 Å². The first kappa shape index (κ1) is 61.3. The molecular formula is C64H61BrCl2F2N7O5W-. The molecule has 5 unspecified atom stereocenters. The molecule has 82 heavy (non-hydrogen) atoms. The van der Waals surface area contributed by atoms with E-state index in [2.05, 4.69) is 52.8 Å². The van der Waals surface area contributed by atoms with Gasteiger partial charge in [-0.1, -0.05) is 136 Å². The molecule has 4 heterocycles. The monoisotopic (exact) mass is 1380 g/mol. The molecule has 12 nitrogen and oxygen atoms in total. The van der Waals surface area contributed by atoms with Crippen LogP contribution < -0.4 is 0 Å². The van der Waals surface area contributed by atoms with Gasteiger partial charge in [0.05, 0.1) is 45.0 Å². The Balaban J connectivity index is 0.000000159. The van der Waals surface area contributed by atoms with Crippen LogP contribution in [0.3, 0.4) is 0 Å². The summed E-state index contributed by atoms with van der Waals surface area (Å²) in [7, 11) is 3.74. The topological polar surface area (TPSA) is 133 Å². The summed E-state index contributed by atoms with van der Waals surface area (Å²) in [5.41, 5.74) is 2.84. The summed E-state index contributed by atoms with van der Waals surface area (Å²) in [6, 6.07) is 49.7. The van der Waals surface area contributed by atoms with Gasteiger partial charge in [0.25, 0.3) is 0 Å². The SMILES string of the molecule is CO.COC(=O)C1(c2ccccc2)N=CN(CC2CC2)C1c1ccc(Br)cc1.COC(=O)C1(c2ccccc2)N=CN(Cc2cccnc2)C1c1ccc(Cl)cc1F.Fc1cc(Cl)ccc1C1[C-](c2ccccc2)N=CN1CC1CC1.[W]. The quantitative estimate of drug-likeness (QED) is 0.0835. The van der Waals surface area contributed by atoms with Crippen LogP contribution in [-0.4, -0.2) is 90.2 Å². The van der Waals surface area contributed by atoms with Crippen LogP contribution in [0.15, 0.2) is 196 Å². The van der Waals surface area contributed by atoms with Gasteiger partial charge in [-0.05, 0) is 108 Å². The van der Waals surface area contributed by atoms with Gasteiger partial charge in [-0.15, -0.1) is 29.8 Å². The van der Waals surface area contributed by atoms with Crippen LogP contribution in [-0.2, 0) is 57.8 Å². The maximum Gasteiger partial charge on any atom is 0.341 e. The van der Waals surface area contributed by atoms with Crippen LogP contribution in [0, 0.1) is 29.5 Å². The van der Waals surface area contributed by atoms with Gasteiger partial charge >= 0.3 is 11.9 Å². The molecular weight excluding hydrogens is 1320 g/mol. The molecule has 5 atom stereocenters. The number of methoxy groups -OCH3 is 2. The van der Waals surface area contributed by atoms with E-state index in [1.807, 2.05) is 121 Å². The Morgan fingerprint density at radius 1 is 0.634 bits per heavy atom. The molecule has 3 aliphatic heterocycles. The maximum atomic E-state index is 15.1. The first-order valence-electron chi connectivity index (χ1n) is 26.5. The largest absolute Gasteiger partial charge is 0.467 e. The molecule has 1 aromatic heterocycles. The molecule has 6 aromatic carbocycles. The summed E-state index contributed by atoms with van der Waals surface area (Å²) < 4.78 is 41.1. The molecule has 0 bridgehead atoms. The van der Waals surface area contributed by atoms with E-state index in [1.54, 1.807) is 55.1 Å². The molecule has 7 aromatic rings. The summed E-state index contributed by atoms with van der Waals surface area (Å²) in [5, 5.41) is 7.69. The number of nitrogens with zero attached hydrogens (tertiary/aromatic N) is 7. The number of ether oxygens (including phenoxy) is 2. The number of pyridine rings is 1. The number of esters is 2. The Morgan fingerprint density at radius 3 is 1.63 bits per heavy atom. The van der Waals surface area contributed by atoms with Gasteiger partial charge in [0.2, 0.25) is 11.1 Å². The molecule has 2 saturated carbocycles. The Morgan fingerprint density at radius 2 is 1.13 bits per heavy atom. The Labute approximate surface area is 510 Å². The van der Waals surface area contributed by atoms with E-state index in [9.17, 15) is 14.0 Å². The van der Waals surface area contributed by atoms with Crippen LogP contribution in [0.4, 0.5) is 8.78 Å². The first-order chi connectivity index (χ1) is 39.4. The van der Waals surface area contributed by atoms with Crippen molar-refractivity contribution in [3.63, 3.8) is 0 Å². The van der Waals surface area contributed by atoms with Crippen molar-refractivity contribution < 1.29 is 54.0 Å². The van der Waals surface area contributed by atoms with Crippen LogP contribution in [0.1, 0.15) is 82.8 Å². The standard InChI is InChI=1S/C23H19ClFN3O2.C21H21BrN2O2.C19H17ClFN2.CH4O.W/c1-30-22(29)23(17-7-3-2-4-8-17)21(19-10-9-18(24)12-20(19)25)28(15-27-23)14-16-6-5-11-26-13-16;1-26-20(25)21(17-5-3-2-4-6-17)19(16-9-11-18(22)12-10-16)24(14-23-21)13-15-7-8-15;20-15-8-9-16(17(21)10-15)19-18(14-4-2-1-3-5-14)22-12-23(19)11-13-6-7-13;1-2;/h2-13,15,21H,14H2,1H3;2-6,9-12,14-15,19H,7-8,13H2,1H3;1-5,8-10,12-13,19H,6-7,11H2;2H,1H3;/q;;-1;;. The van der Waals surface area contributed by atoms with Crippen molar-refractivity contribution in [3.05, 3.63) is 247 Å². The number of benzene rings is 6. The second kappa shape index (κ2) is 28.0. The Kier molecular flexibility index (Phi) is 21.0. The minimum Gasteiger partial charge on any atom is -0.467 e. The third kappa shape index (κ3) is 13.5. The molecule has 5 aliphatic rings. The van der Waals surface area contributed by atoms with Crippen molar-refractivity contribution in [3.8, 4) is 0 Å². The molecule has 12 rings (SSSR count). The van der Waals surface area contributed by atoms with Gasteiger partial charge in [0.1, 0.15) is 11.6 Å². The molecule has 0 saturated heterocycles. The average molecular weight is 1380 g/mol. The number of halogens is 5. The summed E-state index contributed by atoms with van der Waals surface area (Å²) in [4.78, 5) is 50.6.